The molecule has 1 atom stereocenters. The Labute approximate surface area is 141 Å². The van der Waals surface area contributed by atoms with Crippen LogP contribution in [0.2, 0.25) is 0 Å². The second-order valence-electron chi connectivity index (χ2n) is 5.95. The van der Waals surface area contributed by atoms with Crippen molar-refractivity contribution in [1.82, 2.24) is 4.90 Å². The first-order valence-electron chi connectivity index (χ1n) is 7.83. The standard InChI is InChI=1S/C18H22N2O2S/c1-12-4-5-16(22-3)15(10-12)19-18(21)11-20-8-6-17-14(13(20)2)7-9-23-17/h4-5,7,9-10,13H,6,8,11H2,1-3H3,(H,19,21)/t13-/m0/s1. The second-order valence-corrected chi connectivity index (χ2v) is 6.95. The molecule has 0 radical (unpaired) electrons. The molecule has 0 saturated carbocycles. The molecular formula is C18H22N2O2S. The molecule has 2 heterocycles. The second kappa shape index (κ2) is 6.72. The van der Waals surface area contributed by atoms with E-state index in [1.807, 2.05) is 36.5 Å². The highest BCUT2D eigenvalue weighted by Crippen LogP contribution is 2.32. The predicted molar refractivity (Wildman–Crippen MR) is 94.4 cm³/mol. The number of thiophene rings is 1. The van der Waals surface area contributed by atoms with Gasteiger partial charge in [-0.25, -0.2) is 0 Å². The highest BCUT2D eigenvalue weighted by molar-refractivity contribution is 7.10. The molecular weight excluding hydrogens is 308 g/mol. The van der Waals surface area contributed by atoms with Gasteiger partial charge in [0, 0.05) is 17.5 Å². The average molecular weight is 330 g/mol. The molecule has 5 heteroatoms. The number of carbonyl (C=O) groups excluding carboxylic acids is 1. The number of hydrogen-bond donors (Lipinski definition) is 1. The lowest BCUT2D eigenvalue weighted by Crippen LogP contribution is -2.39. The van der Waals surface area contributed by atoms with Crippen LogP contribution in [-0.2, 0) is 11.2 Å². The van der Waals surface area contributed by atoms with Crippen molar-refractivity contribution >= 4 is 22.9 Å². The van der Waals surface area contributed by atoms with Crippen LogP contribution in [0.5, 0.6) is 5.75 Å². The normalized spacial score (nSPS) is 17.6. The third-order valence-corrected chi connectivity index (χ3v) is 5.38. The first-order valence-corrected chi connectivity index (χ1v) is 8.71. The van der Waals surface area contributed by atoms with Gasteiger partial charge in [-0.1, -0.05) is 6.07 Å². The van der Waals surface area contributed by atoms with E-state index in [0.29, 0.717) is 12.3 Å². The maximum atomic E-state index is 12.5. The van der Waals surface area contributed by atoms with E-state index in [0.717, 1.165) is 24.2 Å². The number of anilines is 1. The third-order valence-electron chi connectivity index (χ3n) is 4.38. The van der Waals surface area contributed by atoms with Gasteiger partial charge in [-0.2, -0.15) is 0 Å². The lowest BCUT2D eigenvalue weighted by Gasteiger charge is -2.32. The molecule has 122 valence electrons. The molecule has 0 fully saturated rings. The maximum absolute atomic E-state index is 12.5. The van der Waals surface area contributed by atoms with E-state index < -0.39 is 0 Å². The number of hydrogen-bond acceptors (Lipinski definition) is 4. The summed E-state index contributed by atoms with van der Waals surface area (Å²) in [7, 11) is 1.62. The van der Waals surface area contributed by atoms with Gasteiger partial charge < -0.3 is 10.1 Å². The summed E-state index contributed by atoms with van der Waals surface area (Å²) in [5.74, 6) is 0.690. The van der Waals surface area contributed by atoms with Crippen molar-refractivity contribution in [3.8, 4) is 5.75 Å². The van der Waals surface area contributed by atoms with Gasteiger partial charge in [0.1, 0.15) is 5.75 Å². The number of amides is 1. The topological polar surface area (TPSA) is 41.6 Å². The van der Waals surface area contributed by atoms with Gasteiger partial charge in [0.25, 0.3) is 0 Å². The monoisotopic (exact) mass is 330 g/mol. The molecule has 4 nitrogen and oxygen atoms in total. The Bertz CT molecular complexity index is 711. The molecule has 0 aliphatic carbocycles. The van der Waals surface area contributed by atoms with Crippen molar-refractivity contribution in [2.24, 2.45) is 0 Å². The Morgan fingerprint density at radius 3 is 3.04 bits per heavy atom. The number of benzene rings is 1. The highest BCUT2D eigenvalue weighted by atomic mass is 32.1. The Kier molecular flexibility index (Phi) is 4.68. The number of carbonyl (C=O) groups is 1. The molecule has 1 aromatic heterocycles. The summed E-state index contributed by atoms with van der Waals surface area (Å²) in [6.45, 7) is 5.49. The van der Waals surface area contributed by atoms with Crippen molar-refractivity contribution in [3.63, 3.8) is 0 Å². The Morgan fingerprint density at radius 2 is 2.26 bits per heavy atom. The van der Waals surface area contributed by atoms with Gasteiger partial charge in [-0.05, 0) is 55.0 Å². The summed E-state index contributed by atoms with van der Waals surface area (Å²) in [5.41, 5.74) is 3.19. The van der Waals surface area contributed by atoms with Gasteiger partial charge in [0.15, 0.2) is 0 Å². The zero-order chi connectivity index (χ0) is 16.4. The quantitative estimate of drug-likeness (QED) is 0.931. The number of ether oxygens (including phenoxy) is 1. The summed E-state index contributed by atoms with van der Waals surface area (Å²) in [6.07, 6.45) is 1.03. The first-order chi connectivity index (χ1) is 11.1. The number of nitrogens with zero attached hydrogens (tertiary/aromatic N) is 1. The van der Waals surface area contributed by atoms with Crippen LogP contribution >= 0.6 is 11.3 Å². The van der Waals surface area contributed by atoms with E-state index in [-0.39, 0.29) is 11.9 Å². The zero-order valence-electron chi connectivity index (χ0n) is 13.8. The predicted octanol–water partition coefficient (Wildman–Crippen LogP) is 3.62. The van der Waals surface area contributed by atoms with Gasteiger partial charge in [-0.15, -0.1) is 11.3 Å². The van der Waals surface area contributed by atoms with Crippen molar-refractivity contribution in [3.05, 3.63) is 45.6 Å². The van der Waals surface area contributed by atoms with Crippen LogP contribution in [0.4, 0.5) is 5.69 Å². The lowest BCUT2D eigenvalue weighted by atomic mass is 10.0. The SMILES string of the molecule is COc1ccc(C)cc1NC(=O)CN1CCc2sccc2[C@@H]1C. The highest BCUT2D eigenvalue weighted by Gasteiger charge is 2.26. The number of aryl methyl sites for hydroxylation is 1. The van der Waals surface area contributed by atoms with Crippen LogP contribution in [-0.4, -0.2) is 31.0 Å². The van der Waals surface area contributed by atoms with Crippen molar-refractivity contribution in [1.29, 1.82) is 0 Å². The van der Waals surface area contributed by atoms with E-state index in [1.54, 1.807) is 7.11 Å². The number of fused-ring (bicyclic) bond motifs is 1. The minimum atomic E-state index is -0.000528. The molecule has 1 N–H and O–H groups in total. The van der Waals surface area contributed by atoms with E-state index in [2.05, 4.69) is 28.6 Å². The molecule has 3 rings (SSSR count). The van der Waals surface area contributed by atoms with Gasteiger partial charge >= 0.3 is 0 Å². The molecule has 1 aliphatic rings. The fourth-order valence-corrected chi connectivity index (χ4v) is 4.03. The summed E-state index contributed by atoms with van der Waals surface area (Å²) in [6, 6.07) is 8.26. The smallest absolute Gasteiger partial charge is 0.238 e. The average Bonchev–Trinajstić information content (AvgIpc) is 3.00. The fourth-order valence-electron chi connectivity index (χ4n) is 3.07. The van der Waals surface area contributed by atoms with Crippen LogP contribution in [0.1, 0.15) is 29.0 Å². The molecule has 1 aromatic carbocycles. The van der Waals surface area contributed by atoms with E-state index in [1.165, 1.54) is 10.4 Å². The largest absolute Gasteiger partial charge is 0.495 e. The van der Waals surface area contributed by atoms with Gasteiger partial charge in [-0.3, -0.25) is 9.69 Å². The van der Waals surface area contributed by atoms with Gasteiger partial charge in [0.05, 0.1) is 19.3 Å². The van der Waals surface area contributed by atoms with Crippen molar-refractivity contribution in [2.45, 2.75) is 26.3 Å². The summed E-state index contributed by atoms with van der Waals surface area (Å²) in [5, 5.41) is 5.13. The minimum Gasteiger partial charge on any atom is -0.495 e. The number of nitrogens with one attached hydrogen (secondary N) is 1. The van der Waals surface area contributed by atoms with Crippen molar-refractivity contribution < 1.29 is 9.53 Å². The summed E-state index contributed by atoms with van der Waals surface area (Å²) in [4.78, 5) is 16.1. The first kappa shape index (κ1) is 16.0. The molecule has 1 aliphatic heterocycles. The molecule has 23 heavy (non-hydrogen) atoms. The Balaban J connectivity index is 1.68. The number of methoxy groups -OCH3 is 1. The summed E-state index contributed by atoms with van der Waals surface area (Å²) >= 11 is 1.82. The van der Waals surface area contributed by atoms with Crippen molar-refractivity contribution in [2.75, 3.05) is 25.5 Å². The summed E-state index contributed by atoms with van der Waals surface area (Å²) < 4.78 is 5.32. The van der Waals surface area contributed by atoms with Crippen LogP contribution in [0, 0.1) is 6.92 Å². The molecule has 1 amide bonds. The van der Waals surface area contributed by atoms with Crippen LogP contribution in [0.15, 0.2) is 29.6 Å². The van der Waals surface area contributed by atoms with Gasteiger partial charge in [0.2, 0.25) is 5.91 Å². The maximum Gasteiger partial charge on any atom is 0.238 e. The van der Waals surface area contributed by atoms with E-state index in [4.69, 9.17) is 4.74 Å². The van der Waals surface area contributed by atoms with E-state index >= 15 is 0 Å². The minimum absolute atomic E-state index is 0.000528. The zero-order valence-corrected chi connectivity index (χ0v) is 14.6. The van der Waals surface area contributed by atoms with Crippen LogP contribution in [0.3, 0.4) is 0 Å². The van der Waals surface area contributed by atoms with Crippen LogP contribution < -0.4 is 10.1 Å². The Hall–Kier alpha value is -1.85. The third kappa shape index (κ3) is 3.41. The molecule has 2 aromatic rings. The Morgan fingerprint density at radius 1 is 1.43 bits per heavy atom. The fraction of sp³-hybridized carbons (Fsp3) is 0.389. The molecule has 0 bridgehead atoms. The van der Waals surface area contributed by atoms with E-state index in [9.17, 15) is 4.79 Å². The number of rotatable bonds is 4. The molecule has 0 spiro atoms. The molecule has 0 unspecified atom stereocenters. The molecule has 0 saturated heterocycles. The lowest BCUT2D eigenvalue weighted by molar-refractivity contribution is -0.117. The van der Waals surface area contributed by atoms with Crippen LogP contribution in [0.25, 0.3) is 0 Å².